The second kappa shape index (κ2) is 6.65. The molecule has 6 heteroatoms. The number of amides is 1. The number of hydrogen-bond donors (Lipinski definition) is 2. The Balaban J connectivity index is 2.02. The molecule has 0 aromatic heterocycles. The Morgan fingerprint density at radius 2 is 1.87 bits per heavy atom. The zero-order valence-electron chi connectivity index (χ0n) is 13.1. The zero-order valence-corrected chi connectivity index (χ0v) is 13.9. The van der Waals surface area contributed by atoms with Crippen molar-refractivity contribution in [2.75, 3.05) is 19.3 Å². The summed E-state index contributed by atoms with van der Waals surface area (Å²) in [5.41, 5.74) is 1.60. The summed E-state index contributed by atoms with van der Waals surface area (Å²) in [5.74, 6) is -0.315. The van der Waals surface area contributed by atoms with Gasteiger partial charge in [-0.1, -0.05) is 48.5 Å². The average molecular weight is 328 g/mol. The number of likely N-dealkylation sites (tertiary alicyclic amines) is 1. The lowest BCUT2D eigenvalue weighted by molar-refractivity contribution is -0.120. The Hall–Kier alpha value is -1.97. The molecule has 1 amide bonds. The van der Waals surface area contributed by atoms with Crippen molar-refractivity contribution in [3.63, 3.8) is 0 Å². The second-order valence-electron chi connectivity index (χ2n) is 5.70. The largest absolute Gasteiger partial charge is 0.340 e. The van der Waals surface area contributed by atoms with E-state index in [2.05, 4.69) is 15.5 Å². The Labute approximate surface area is 140 Å². The van der Waals surface area contributed by atoms with Crippen LogP contribution >= 0.6 is 11.8 Å². The van der Waals surface area contributed by atoms with Crippen molar-refractivity contribution < 1.29 is 4.79 Å². The molecule has 0 radical (unpaired) electrons. The van der Waals surface area contributed by atoms with Crippen molar-refractivity contribution in [1.29, 1.82) is 5.26 Å². The van der Waals surface area contributed by atoms with Gasteiger partial charge in [0, 0.05) is 13.1 Å². The van der Waals surface area contributed by atoms with Gasteiger partial charge in [0.25, 0.3) is 5.91 Å². The van der Waals surface area contributed by atoms with E-state index in [1.165, 1.54) is 6.42 Å². The molecule has 1 fully saturated rings. The van der Waals surface area contributed by atoms with Crippen LogP contribution < -0.4 is 10.6 Å². The normalized spacial score (nSPS) is 25.5. The second-order valence-corrected chi connectivity index (χ2v) is 6.70. The molecule has 0 unspecified atom stereocenters. The highest BCUT2D eigenvalue weighted by Gasteiger charge is 2.43. The number of nitrogens with one attached hydrogen (secondary N) is 2. The molecule has 3 rings (SSSR count). The van der Waals surface area contributed by atoms with Crippen LogP contribution in [0.25, 0.3) is 5.70 Å². The first-order valence-corrected chi connectivity index (χ1v) is 9.03. The van der Waals surface area contributed by atoms with Crippen LogP contribution in [0.5, 0.6) is 0 Å². The number of piperidine rings is 1. The maximum atomic E-state index is 12.6. The molecule has 0 spiro atoms. The van der Waals surface area contributed by atoms with Crippen molar-refractivity contribution in [2.45, 2.75) is 24.4 Å². The van der Waals surface area contributed by atoms with Crippen LogP contribution in [0.4, 0.5) is 0 Å². The fourth-order valence-electron chi connectivity index (χ4n) is 3.12. The molecular weight excluding hydrogens is 308 g/mol. The lowest BCUT2D eigenvalue weighted by Gasteiger charge is -2.47. The van der Waals surface area contributed by atoms with Crippen molar-refractivity contribution in [3.8, 4) is 6.07 Å². The predicted molar refractivity (Wildman–Crippen MR) is 91.9 cm³/mol. The highest BCUT2D eigenvalue weighted by atomic mass is 32.2. The molecule has 1 aromatic rings. The first kappa shape index (κ1) is 15.9. The number of carbonyl (C=O) groups excluding carboxylic acids is 1. The first-order chi connectivity index (χ1) is 11.2. The summed E-state index contributed by atoms with van der Waals surface area (Å²) in [6, 6.07) is 11.6. The van der Waals surface area contributed by atoms with Gasteiger partial charge in [-0.2, -0.15) is 5.26 Å². The quantitative estimate of drug-likeness (QED) is 0.889. The monoisotopic (exact) mass is 328 g/mol. The summed E-state index contributed by atoms with van der Waals surface area (Å²) in [4.78, 5) is 14.8. The van der Waals surface area contributed by atoms with Crippen LogP contribution in [0.15, 0.2) is 35.9 Å². The summed E-state index contributed by atoms with van der Waals surface area (Å²) in [6.07, 6.45) is 5.44. The molecule has 2 aliphatic heterocycles. The van der Waals surface area contributed by atoms with Crippen LogP contribution in [0.2, 0.25) is 0 Å². The molecule has 2 N–H and O–H groups in total. The topological polar surface area (TPSA) is 68.2 Å². The fourth-order valence-corrected chi connectivity index (χ4v) is 3.96. The van der Waals surface area contributed by atoms with E-state index in [1.807, 2.05) is 42.7 Å². The number of hydrogen-bond acceptors (Lipinski definition) is 5. The standard InChI is InChI=1S/C17H20N4OS/c1-23-17(21-10-6-3-7-11-21)19-15(13-8-4-2-5-9-13)14(12-18)16(22)20-17/h2,4-5,8-9,19H,3,6-7,10-11H2,1H3,(H,20,22)/t17-/m0/s1. The van der Waals surface area contributed by atoms with Gasteiger partial charge in [-0.3, -0.25) is 9.69 Å². The predicted octanol–water partition coefficient (Wildman–Crippen LogP) is 2.10. The minimum absolute atomic E-state index is 0.137. The van der Waals surface area contributed by atoms with Crippen molar-refractivity contribution in [1.82, 2.24) is 15.5 Å². The fraction of sp³-hybridized carbons (Fsp3) is 0.412. The number of carbonyl (C=O) groups is 1. The highest BCUT2D eigenvalue weighted by molar-refractivity contribution is 7.99. The lowest BCUT2D eigenvalue weighted by Crippen LogP contribution is -2.69. The van der Waals surface area contributed by atoms with Gasteiger partial charge in [0.1, 0.15) is 11.6 Å². The molecule has 2 aliphatic rings. The van der Waals surface area contributed by atoms with Gasteiger partial charge in [-0.15, -0.1) is 0 Å². The molecule has 2 heterocycles. The van der Waals surface area contributed by atoms with E-state index in [-0.39, 0.29) is 11.5 Å². The zero-order chi connectivity index (χ0) is 16.3. The Morgan fingerprint density at radius 3 is 2.48 bits per heavy atom. The highest BCUT2D eigenvalue weighted by Crippen LogP contribution is 2.33. The smallest absolute Gasteiger partial charge is 0.267 e. The van der Waals surface area contributed by atoms with E-state index in [1.54, 1.807) is 11.8 Å². The number of thioether (sulfide) groups is 1. The maximum Gasteiger partial charge on any atom is 0.267 e. The van der Waals surface area contributed by atoms with Gasteiger partial charge >= 0.3 is 0 Å². The molecule has 120 valence electrons. The van der Waals surface area contributed by atoms with E-state index in [9.17, 15) is 10.1 Å². The third-order valence-corrected chi connectivity index (χ3v) is 5.38. The van der Waals surface area contributed by atoms with E-state index >= 15 is 0 Å². The molecule has 1 atom stereocenters. The minimum atomic E-state index is -0.691. The van der Waals surface area contributed by atoms with Gasteiger partial charge in [0.15, 0.2) is 0 Å². The average Bonchev–Trinajstić information content (AvgIpc) is 2.62. The van der Waals surface area contributed by atoms with Crippen molar-refractivity contribution in [2.24, 2.45) is 0 Å². The number of benzene rings is 1. The van der Waals surface area contributed by atoms with Crippen LogP contribution in [0.1, 0.15) is 24.8 Å². The number of nitrogens with zero attached hydrogens (tertiary/aromatic N) is 2. The van der Waals surface area contributed by atoms with Crippen molar-refractivity contribution >= 4 is 23.4 Å². The van der Waals surface area contributed by atoms with Gasteiger partial charge < -0.3 is 10.6 Å². The summed E-state index contributed by atoms with van der Waals surface area (Å²) < 4.78 is 0. The Kier molecular flexibility index (Phi) is 4.60. The molecule has 1 saturated heterocycles. The van der Waals surface area contributed by atoms with E-state index < -0.39 is 5.12 Å². The van der Waals surface area contributed by atoms with E-state index in [0.717, 1.165) is 31.5 Å². The molecular formula is C17H20N4OS. The number of nitriles is 1. The van der Waals surface area contributed by atoms with Gasteiger partial charge in [-0.05, 0) is 24.7 Å². The molecule has 0 aliphatic carbocycles. The molecule has 0 saturated carbocycles. The Morgan fingerprint density at radius 1 is 1.17 bits per heavy atom. The summed E-state index contributed by atoms with van der Waals surface area (Å²) in [6.45, 7) is 1.86. The van der Waals surface area contributed by atoms with Crippen LogP contribution in [-0.2, 0) is 4.79 Å². The number of rotatable bonds is 3. The summed E-state index contributed by atoms with van der Waals surface area (Å²) in [7, 11) is 0. The molecule has 0 bridgehead atoms. The van der Waals surface area contributed by atoms with Gasteiger partial charge in [-0.25, -0.2) is 0 Å². The van der Waals surface area contributed by atoms with E-state index in [4.69, 9.17) is 0 Å². The molecule has 1 aromatic carbocycles. The SMILES string of the molecule is CS[C@]1(N2CCCCC2)NC(=O)C(C#N)=C(c2ccccc2)N1. The van der Waals surface area contributed by atoms with Gasteiger partial charge in [0.05, 0.1) is 5.70 Å². The summed E-state index contributed by atoms with van der Waals surface area (Å²) in [5, 5.41) is 15.2. The first-order valence-electron chi connectivity index (χ1n) is 7.81. The maximum absolute atomic E-state index is 12.6. The third kappa shape index (κ3) is 2.94. The van der Waals surface area contributed by atoms with Crippen LogP contribution in [0, 0.1) is 11.3 Å². The third-order valence-electron chi connectivity index (χ3n) is 4.33. The van der Waals surface area contributed by atoms with Gasteiger partial charge in [0.2, 0.25) is 5.12 Å². The van der Waals surface area contributed by atoms with Crippen LogP contribution in [-0.4, -0.2) is 35.3 Å². The lowest BCUT2D eigenvalue weighted by atomic mass is 10.0. The van der Waals surface area contributed by atoms with Crippen molar-refractivity contribution in [3.05, 3.63) is 41.5 Å². The van der Waals surface area contributed by atoms with E-state index in [0.29, 0.717) is 5.70 Å². The Bertz CT molecular complexity index is 661. The minimum Gasteiger partial charge on any atom is -0.340 e. The summed E-state index contributed by atoms with van der Waals surface area (Å²) >= 11 is 1.55. The molecule has 5 nitrogen and oxygen atoms in total. The van der Waals surface area contributed by atoms with Crippen LogP contribution in [0.3, 0.4) is 0 Å². The molecule has 23 heavy (non-hydrogen) atoms.